The van der Waals surface area contributed by atoms with Crippen LogP contribution in [0.15, 0.2) is 0 Å². The van der Waals surface area contributed by atoms with E-state index in [0.717, 1.165) is 0 Å². The summed E-state index contributed by atoms with van der Waals surface area (Å²) in [6, 6.07) is 0. The first-order chi connectivity index (χ1) is 4.13. The summed E-state index contributed by atoms with van der Waals surface area (Å²) in [4.78, 5) is 6.24. The van der Waals surface area contributed by atoms with Crippen LogP contribution in [0.4, 0.5) is 0 Å². The van der Waals surface area contributed by atoms with Crippen molar-refractivity contribution in [3.63, 3.8) is 0 Å². The van der Waals surface area contributed by atoms with E-state index in [-0.39, 0.29) is 23.1 Å². The molecule has 0 aliphatic rings. The standard InChI is InChI=1S/B2O7.Mg/c3-1(4)7-9-8-2(5)6;/q-4;+2. The Morgan fingerprint density at radius 1 is 0.800 bits per heavy atom. The third-order valence-corrected chi connectivity index (χ3v) is 0.236. The molecule has 0 saturated heterocycles. The number of hydrogen-bond acceptors (Lipinski definition) is 7. The minimum atomic E-state index is -2.73. The maximum atomic E-state index is 9.32. The van der Waals surface area contributed by atoms with Gasteiger partial charge in [0.1, 0.15) is 14.6 Å². The van der Waals surface area contributed by atoms with Gasteiger partial charge >= 0.3 is 23.1 Å². The Labute approximate surface area is 72.9 Å². The zero-order valence-electron chi connectivity index (χ0n) is 4.72. The SMILES string of the molecule is [Mg+2].[O-]B([O-])OOOB([O-])[O-]. The molecule has 52 valence electrons. The summed E-state index contributed by atoms with van der Waals surface area (Å²) >= 11 is 0. The summed E-state index contributed by atoms with van der Waals surface area (Å²) in [5.74, 6) is 0. The zero-order chi connectivity index (χ0) is 7.28. The van der Waals surface area contributed by atoms with Crippen molar-refractivity contribution >= 4 is 37.7 Å². The normalized spacial score (nSPS) is 8.40. The van der Waals surface area contributed by atoms with Crippen LogP contribution < -0.4 is 20.1 Å². The van der Waals surface area contributed by atoms with E-state index in [1.54, 1.807) is 0 Å². The molecule has 0 atom stereocenters. The molecule has 0 aromatic carbocycles. The van der Waals surface area contributed by atoms with E-state index in [0.29, 0.717) is 0 Å². The van der Waals surface area contributed by atoms with Crippen LogP contribution >= 0.6 is 0 Å². The molecule has 0 aliphatic heterocycles. The molecule has 0 heterocycles. The Kier molecular flexibility index (Phi) is 10.2. The fourth-order valence-electron chi connectivity index (χ4n) is 0.0868. The predicted octanol–water partition coefficient (Wildman–Crippen LogP) is -6.10. The molecule has 0 aromatic rings. The van der Waals surface area contributed by atoms with Crippen LogP contribution in [-0.2, 0) is 14.6 Å². The first-order valence-electron chi connectivity index (χ1n) is 1.75. The van der Waals surface area contributed by atoms with Crippen molar-refractivity contribution in [2.45, 2.75) is 0 Å². The van der Waals surface area contributed by atoms with E-state index in [1.165, 1.54) is 0 Å². The summed E-state index contributed by atoms with van der Waals surface area (Å²) in [5, 5.41) is 40.4. The first kappa shape index (κ1) is 13.2. The second-order valence-electron chi connectivity index (χ2n) is 0.838. The molecular weight excluding hydrogens is 158 g/mol. The van der Waals surface area contributed by atoms with Crippen LogP contribution in [-0.4, -0.2) is 37.7 Å². The largest absolute Gasteiger partial charge is 2.00 e. The molecule has 0 radical (unpaired) electrons. The summed E-state index contributed by atoms with van der Waals surface area (Å²) in [6.07, 6.45) is 0. The molecule has 0 spiro atoms. The van der Waals surface area contributed by atoms with Crippen molar-refractivity contribution in [2.24, 2.45) is 0 Å². The Hall–Kier alpha value is 0.616. The predicted molar refractivity (Wildman–Crippen MR) is 20.5 cm³/mol. The molecule has 0 aromatic heterocycles. The van der Waals surface area contributed by atoms with Crippen molar-refractivity contribution in [1.29, 1.82) is 0 Å². The van der Waals surface area contributed by atoms with Crippen molar-refractivity contribution in [3.8, 4) is 0 Å². The monoisotopic (exact) mass is 158 g/mol. The van der Waals surface area contributed by atoms with Gasteiger partial charge in [-0.25, -0.2) is 0 Å². The molecule has 0 rings (SSSR count). The zero-order valence-corrected chi connectivity index (χ0v) is 6.13. The van der Waals surface area contributed by atoms with Gasteiger partial charge in [-0.1, -0.05) is 0 Å². The number of rotatable bonds is 4. The molecule has 0 saturated carbocycles. The van der Waals surface area contributed by atoms with Crippen LogP contribution in [0.3, 0.4) is 0 Å². The molecule has 0 unspecified atom stereocenters. The van der Waals surface area contributed by atoms with Crippen molar-refractivity contribution in [1.82, 2.24) is 0 Å². The van der Waals surface area contributed by atoms with Gasteiger partial charge in [0.25, 0.3) is 0 Å². The van der Waals surface area contributed by atoms with E-state index in [4.69, 9.17) is 0 Å². The summed E-state index contributed by atoms with van der Waals surface area (Å²) in [6.45, 7) is 0. The minimum absolute atomic E-state index is 0. The van der Waals surface area contributed by atoms with Gasteiger partial charge in [-0.2, -0.15) is 0 Å². The third kappa shape index (κ3) is 11.4. The van der Waals surface area contributed by atoms with E-state index >= 15 is 0 Å². The summed E-state index contributed by atoms with van der Waals surface area (Å²) in [5.41, 5.74) is 0. The van der Waals surface area contributed by atoms with Gasteiger partial charge in [0.05, 0.1) is 0 Å². The molecule has 10 heavy (non-hydrogen) atoms. The molecule has 0 bridgehead atoms. The molecule has 7 nitrogen and oxygen atoms in total. The first-order valence-corrected chi connectivity index (χ1v) is 1.75. The quantitative estimate of drug-likeness (QED) is 0.226. The maximum absolute atomic E-state index is 9.32. The van der Waals surface area contributed by atoms with Crippen molar-refractivity contribution in [3.05, 3.63) is 0 Å². The van der Waals surface area contributed by atoms with Crippen LogP contribution in [0.1, 0.15) is 0 Å². The Morgan fingerprint density at radius 3 is 1.30 bits per heavy atom. The van der Waals surface area contributed by atoms with E-state index in [2.05, 4.69) is 14.6 Å². The molecule has 0 aliphatic carbocycles. The average Bonchev–Trinajstić information content (AvgIpc) is 1.63. The van der Waals surface area contributed by atoms with Gasteiger partial charge in [0, 0.05) is 0 Å². The van der Waals surface area contributed by atoms with Gasteiger partial charge in [0.15, 0.2) is 0 Å². The maximum Gasteiger partial charge on any atom is 2.00 e. The second kappa shape index (κ2) is 7.72. The van der Waals surface area contributed by atoms with Gasteiger partial charge in [-0.05, 0) is 0 Å². The molecule has 0 N–H and O–H groups in total. The van der Waals surface area contributed by atoms with E-state index in [9.17, 15) is 20.1 Å². The van der Waals surface area contributed by atoms with E-state index < -0.39 is 14.6 Å². The van der Waals surface area contributed by atoms with Gasteiger partial charge in [-0.15, -0.1) is 5.04 Å². The molecular formula is B2MgO7-2. The third-order valence-electron chi connectivity index (χ3n) is 0.236. The Bertz CT molecular complexity index is 56.6. The van der Waals surface area contributed by atoms with Crippen molar-refractivity contribution < 1.29 is 34.7 Å². The van der Waals surface area contributed by atoms with Gasteiger partial charge < -0.3 is 29.7 Å². The number of hydrogen-bond donors (Lipinski definition) is 0. The molecule has 0 fully saturated rings. The molecule has 10 heteroatoms. The second-order valence-corrected chi connectivity index (χ2v) is 0.838. The van der Waals surface area contributed by atoms with Gasteiger partial charge in [-0.3, -0.25) is 0 Å². The fraction of sp³-hybridized carbons (Fsp3) is 0. The fourth-order valence-corrected chi connectivity index (χ4v) is 0.0868. The topological polar surface area (TPSA) is 120 Å². The van der Waals surface area contributed by atoms with Crippen molar-refractivity contribution in [2.75, 3.05) is 0 Å². The van der Waals surface area contributed by atoms with Crippen LogP contribution in [0.2, 0.25) is 0 Å². The van der Waals surface area contributed by atoms with Gasteiger partial charge in [0.2, 0.25) is 0 Å². The van der Waals surface area contributed by atoms with E-state index in [1.807, 2.05) is 0 Å². The smallest absolute Gasteiger partial charge is 0.868 e. The summed E-state index contributed by atoms with van der Waals surface area (Å²) in [7, 11) is -5.47. The van der Waals surface area contributed by atoms with Crippen LogP contribution in [0, 0.1) is 0 Å². The molecule has 0 amide bonds. The van der Waals surface area contributed by atoms with Crippen LogP contribution in [0.5, 0.6) is 0 Å². The minimum Gasteiger partial charge on any atom is -0.868 e. The Morgan fingerprint density at radius 2 is 1.10 bits per heavy atom. The van der Waals surface area contributed by atoms with Crippen LogP contribution in [0.25, 0.3) is 0 Å². The average molecular weight is 158 g/mol. The summed E-state index contributed by atoms with van der Waals surface area (Å²) < 4.78 is 0. The Balaban J connectivity index is 0.